The predicted octanol–water partition coefficient (Wildman–Crippen LogP) is -5.54. The number of imidazole rings is 1. The normalized spacial score (nSPS) is 28.2. The summed E-state index contributed by atoms with van der Waals surface area (Å²) in [6.45, 7) is -0.432. The average Bonchev–Trinajstić information content (AvgIpc) is 1.65. The monoisotopic (exact) mass is 1860 g/mol. The number of carbonyl (C=O) groups excluding carboxylic acids is 11. The van der Waals surface area contributed by atoms with Crippen molar-refractivity contribution < 1.29 is 179 Å². The maximum atomic E-state index is 14.5. The van der Waals surface area contributed by atoms with Crippen molar-refractivity contribution in [3.8, 4) is 0 Å². The Morgan fingerprint density at radius 3 is 1.43 bits per heavy atom. The first kappa shape index (κ1) is 107. The van der Waals surface area contributed by atoms with Gasteiger partial charge in [0.2, 0.25) is 43.0 Å². The highest BCUT2D eigenvalue weighted by Gasteiger charge is 2.50. The van der Waals surface area contributed by atoms with Crippen molar-refractivity contribution in [3.05, 3.63) is 12.7 Å². The van der Waals surface area contributed by atoms with E-state index in [1.807, 2.05) is 0 Å². The third-order valence-electron chi connectivity index (χ3n) is 21.4. The van der Waals surface area contributed by atoms with Gasteiger partial charge in [0.05, 0.1) is 123 Å². The van der Waals surface area contributed by atoms with Crippen LogP contribution in [0, 0.1) is 0 Å². The molecular weight excluding hydrogens is 1730 g/mol. The van der Waals surface area contributed by atoms with E-state index in [4.69, 9.17) is 66.7 Å². The Morgan fingerprint density at radius 1 is 0.543 bits per heavy atom. The minimum absolute atomic E-state index is 0.0406. The molecule has 48 nitrogen and oxygen atoms in total. The number of hydrogen-bond acceptors (Lipinski definition) is 40. The number of β-amino-alcohol motifs (C(OH)–C–C–N with tert-alkyl or cyclic N) is 1. The fourth-order valence-electron chi connectivity index (χ4n) is 14.4. The Kier molecular flexibility index (Phi) is 44.1. The molecule has 720 valence electrons. The van der Waals surface area contributed by atoms with Crippen molar-refractivity contribution >= 4 is 103 Å². The number of anilines is 1. The zero-order chi connectivity index (χ0) is 93.5. The number of nitrogen functional groups attached to an aromatic ring is 1. The number of nitrogens with zero attached hydrogens (tertiary/aromatic N) is 5. The number of nitrogens with two attached hydrogens (primary N) is 1. The van der Waals surface area contributed by atoms with E-state index >= 15 is 0 Å². The maximum absolute atomic E-state index is 14.5. The van der Waals surface area contributed by atoms with Gasteiger partial charge in [0, 0.05) is 124 Å². The number of ether oxygens (including phenoxy) is 10. The summed E-state index contributed by atoms with van der Waals surface area (Å²) in [6.07, 6.45) is -18.4. The van der Waals surface area contributed by atoms with Crippen LogP contribution in [0.5, 0.6) is 0 Å². The molecule has 2 aromatic rings. The lowest BCUT2D eigenvalue weighted by Crippen LogP contribution is -2.64. The maximum Gasteiger partial charge on any atom is 0.330 e. The van der Waals surface area contributed by atoms with E-state index in [1.165, 1.54) is 36.0 Å². The lowest BCUT2D eigenvalue weighted by molar-refractivity contribution is -0.269. The van der Waals surface area contributed by atoms with Crippen molar-refractivity contribution in [3.63, 3.8) is 0 Å². The molecular formula is C77H125N11O37P2. The summed E-state index contributed by atoms with van der Waals surface area (Å²) in [7, 11) is -8.36. The second-order valence-corrected chi connectivity index (χ2v) is 36.1. The number of Topliss-reactive ketones (excluding diaryl/α,β-unsaturated/α-hetero) is 5. The number of aliphatic hydroxyl groups excluding tert-OH is 10. The molecule has 0 saturated carbocycles. The first-order valence-electron chi connectivity index (χ1n) is 41.9. The van der Waals surface area contributed by atoms with Crippen LogP contribution >= 0.6 is 15.2 Å². The lowest BCUT2D eigenvalue weighted by Gasteiger charge is -2.42. The highest BCUT2D eigenvalue weighted by molar-refractivity contribution is 7.58. The van der Waals surface area contributed by atoms with Crippen LogP contribution in [0.2, 0.25) is 0 Å². The Labute approximate surface area is 731 Å². The molecule has 0 spiro atoms. The average molecular weight is 1860 g/mol. The van der Waals surface area contributed by atoms with Crippen molar-refractivity contribution in [1.29, 1.82) is 0 Å². The van der Waals surface area contributed by atoms with E-state index in [2.05, 4.69) is 47.8 Å². The van der Waals surface area contributed by atoms with Crippen molar-refractivity contribution in [2.24, 2.45) is 0 Å². The Hall–Kier alpha value is -6.95. The molecule has 5 saturated heterocycles. The minimum atomic E-state index is -4.18. The highest BCUT2D eigenvalue weighted by atomic mass is 31.2. The molecule has 5 aliphatic rings. The van der Waals surface area contributed by atoms with Crippen LogP contribution in [0.4, 0.5) is 5.82 Å². The Balaban J connectivity index is 1.01. The minimum Gasteiger partial charge on any atom is -0.394 e. The van der Waals surface area contributed by atoms with Crippen LogP contribution in [-0.2, 0) is 118 Å². The highest BCUT2D eigenvalue weighted by Crippen LogP contribution is 2.51. The number of hydrogen-bond donors (Lipinski definition) is 18. The zero-order valence-corrected chi connectivity index (χ0v) is 73.4. The molecule has 127 heavy (non-hydrogen) atoms. The molecule has 2 aromatic heterocycles. The number of fused-ring (bicyclic) bond motifs is 1. The van der Waals surface area contributed by atoms with Gasteiger partial charge in [0.1, 0.15) is 132 Å². The summed E-state index contributed by atoms with van der Waals surface area (Å²) < 4.78 is 90.0. The molecule has 0 bridgehead atoms. The second-order valence-electron chi connectivity index (χ2n) is 32.0. The molecule has 5 fully saturated rings. The number of likely N-dealkylation sites (tertiary alicyclic amines) is 1. The van der Waals surface area contributed by atoms with Crippen molar-refractivity contribution in [2.75, 3.05) is 111 Å². The molecule has 0 radical (unpaired) electrons. The van der Waals surface area contributed by atoms with E-state index in [0.717, 1.165) is 20.8 Å². The van der Waals surface area contributed by atoms with Gasteiger partial charge >= 0.3 is 7.60 Å². The second kappa shape index (κ2) is 52.3. The summed E-state index contributed by atoms with van der Waals surface area (Å²) >= 11 is 0. The number of carbonyl (C=O) groups is 11. The summed E-state index contributed by atoms with van der Waals surface area (Å²) in [6, 6.07) is -4.71. The fraction of sp³-hybridized carbons (Fsp3) is 0.779. The van der Waals surface area contributed by atoms with Gasteiger partial charge in [0.15, 0.2) is 30.3 Å². The van der Waals surface area contributed by atoms with Crippen LogP contribution in [0.1, 0.15) is 150 Å². The van der Waals surface area contributed by atoms with Crippen LogP contribution < -0.4 is 32.3 Å². The largest absolute Gasteiger partial charge is 0.394 e. The van der Waals surface area contributed by atoms with Gasteiger partial charge in [0.25, 0.3) is 0 Å². The Morgan fingerprint density at radius 2 is 0.984 bits per heavy atom. The number of aliphatic hydroxyl groups is 10. The summed E-state index contributed by atoms with van der Waals surface area (Å²) in [4.78, 5) is 180. The molecule has 50 heteroatoms. The number of amides is 6. The molecule has 22 atom stereocenters. The zero-order valence-electron chi connectivity index (χ0n) is 71.6. The third-order valence-corrected chi connectivity index (χ3v) is 24.3. The molecule has 6 amide bonds. The molecule has 19 N–H and O–H groups in total. The van der Waals surface area contributed by atoms with Gasteiger partial charge in [-0.05, 0) is 25.6 Å². The SMILES string of the molecule is C=P(O)(OC[C@@H]1C[C@@H](O)CN1C(=O)CCC(=O)NC(COCCC(=O)CCCC(=O)CCO[C@@H]1OC(CO)[C@H](O)[C@H](O)C1NC(C)=O)(COCCC(=O)CCCC(=O)CCO[C@@H]1OC(CO)[C@H](O)[C@H](O)C1NC(C)=O)COCCC(=O)NCCC(=O)CCO[C@@H]1OC(CO)[C@H](O)[C@H](O)C1NC(C)=O)O[C@H]1C[C@H](n2cnc3c(N)ncnc32)O[C@@H]1COP(=O)(O)C(C)C. The standard InChI is InChI=1S/C77H125N11O37P2/c1-42(2)127(111,112)120-36-57-53(30-61(121-57)88-41-82-65-72(78)80-40-81-73(65)88)125-126(6,110)119-35-46-29-52(100)31-87(46)60(103)14-13-59(102)86-77(37-113-23-16-47(95)9-7-11-49(97)18-26-116-74-62(83-43(3)92)69(107)66(104)54(32-89)122-74,38-114-24-17-48(96)10-8-12-50(98)19-27-117-75-63(84-44(4)93)70(108)67(105)55(33-90)123-75)39-115-25-21-58(101)79-22-15-51(99)20-28-118-76-64(85-45(5)94)71(109)68(106)56(34-91)124-76/h40-42,46,52-57,61-64,66-71,74-76,89-91,100,104-110H,6-39H2,1-5H3,(H,79,101)(H,83,92)(H,84,93)(H,85,94)(H,86,102)(H,111,112)(H2,78,80,81)/t46-,52+,53-,54?,55?,56?,57+,61+,62?,63?,64?,66-,67-,68-,69+,70+,71+,74+,75+,76+,77?,126?/m0/s1. The number of rotatable bonds is 58. The van der Waals surface area contributed by atoms with Gasteiger partial charge in [-0.25, -0.2) is 15.0 Å². The molecule has 0 aromatic carbocycles. The summed E-state index contributed by atoms with van der Waals surface area (Å²) in [5, 5.41) is 116. The molecule has 8 unspecified atom stereocenters. The lowest BCUT2D eigenvalue weighted by atomic mass is 9.97. The third kappa shape index (κ3) is 34.0. The van der Waals surface area contributed by atoms with Gasteiger partial charge in [-0.3, -0.25) is 61.9 Å². The van der Waals surface area contributed by atoms with Gasteiger partial charge < -0.3 is 159 Å². The van der Waals surface area contributed by atoms with Crippen LogP contribution in [0.15, 0.2) is 12.7 Å². The van der Waals surface area contributed by atoms with Crippen LogP contribution in [0.25, 0.3) is 11.2 Å². The van der Waals surface area contributed by atoms with Crippen molar-refractivity contribution in [2.45, 2.75) is 277 Å². The first-order chi connectivity index (χ1) is 60.2. The van der Waals surface area contributed by atoms with Crippen LogP contribution in [-0.4, -0.2) is 389 Å². The van der Waals surface area contributed by atoms with E-state index in [1.54, 1.807) is 0 Å². The van der Waals surface area contributed by atoms with E-state index < -0.39 is 256 Å². The van der Waals surface area contributed by atoms with Crippen LogP contribution in [0.3, 0.4) is 0 Å². The smallest absolute Gasteiger partial charge is 0.330 e. The number of nitrogens with one attached hydrogen (secondary N) is 5. The van der Waals surface area contributed by atoms with E-state index in [-0.39, 0.29) is 189 Å². The van der Waals surface area contributed by atoms with Crippen molar-refractivity contribution in [1.82, 2.24) is 51.0 Å². The predicted molar refractivity (Wildman–Crippen MR) is 437 cm³/mol. The Bertz CT molecular complexity index is 3800. The molecule has 5 aliphatic heterocycles. The first-order valence-corrected chi connectivity index (χ1v) is 45.3. The molecule has 7 rings (SSSR count). The topological polar surface area (TPSA) is 701 Å². The summed E-state index contributed by atoms with van der Waals surface area (Å²) in [5.41, 5.74) is 3.97. The van der Waals surface area contributed by atoms with Gasteiger partial charge in [-0.2, -0.15) is 0 Å². The number of aromatic nitrogens is 4. The van der Waals surface area contributed by atoms with E-state index in [9.17, 15) is 118 Å². The molecule has 7 heterocycles. The molecule has 0 aliphatic carbocycles. The fourth-order valence-corrected chi connectivity index (χ4v) is 16.1. The van der Waals surface area contributed by atoms with E-state index in [0.29, 0.717) is 0 Å². The summed E-state index contributed by atoms with van der Waals surface area (Å²) in [5.74, 6) is -5.63. The van der Waals surface area contributed by atoms with Gasteiger partial charge in [-0.1, -0.05) is 13.8 Å². The number of ketones is 5. The quantitative estimate of drug-likeness (QED) is 0.0217. The van der Waals surface area contributed by atoms with Gasteiger partial charge in [-0.15, -0.1) is 0 Å².